The number of pyridine rings is 1. The fourth-order valence-corrected chi connectivity index (χ4v) is 4.78. The lowest BCUT2D eigenvalue weighted by Gasteiger charge is -2.38. The molecule has 152 valence electrons. The lowest BCUT2D eigenvalue weighted by molar-refractivity contribution is -0.132. The van der Waals surface area contributed by atoms with Crippen molar-refractivity contribution < 1.29 is 9.21 Å². The minimum Gasteiger partial charge on any atom is -0.443 e. The number of piperazine rings is 1. The van der Waals surface area contributed by atoms with Crippen molar-refractivity contribution in [1.29, 1.82) is 5.26 Å². The van der Waals surface area contributed by atoms with Crippen molar-refractivity contribution >= 4 is 22.8 Å². The molecule has 7 nitrogen and oxygen atoms in total. The molecule has 2 saturated heterocycles. The van der Waals surface area contributed by atoms with E-state index < -0.39 is 0 Å². The summed E-state index contributed by atoms with van der Waals surface area (Å²) in [7, 11) is 0. The molecule has 0 bridgehead atoms. The molecule has 2 atom stereocenters. The Labute approximate surface area is 174 Å². The van der Waals surface area contributed by atoms with Gasteiger partial charge in [0.15, 0.2) is 12.0 Å². The molecule has 3 aromatic rings. The molecule has 2 aromatic heterocycles. The van der Waals surface area contributed by atoms with Gasteiger partial charge in [-0.2, -0.15) is 5.26 Å². The Balaban J connectivity index is 1.19. The van der Waals surface area contributed by atoms with Gasteiger partial charge in [-0.1, -0.05) is 12.1 Å². The van der Waals surface area contributed by atoms with Gasteiger partial charge in [0.05, 0.1) is 11.6 Å². The monoisotopic (exact) mass is 401 g/mol. The summed E-state index contributed by atoms with van der Waals surface area (Å²) < 4.78 is 5.52. The average Bonchev–Trinajstić information content (AvgIpc) is 3.39. The maximum absolute atomic E-state index is 12.9. The lowest BCUT2D eigenvalue weighted by Crippen LogP contribution is -2.51. The van der Waals surface area contributed by atoms with Crippen molar-refractivity contribution in [2.24, 2.45) is 5.92 Å². The van der Waals surface area contributed by atoms with E-state index in [1.165, 1.54) is 6.39 Å². The molecular weight excluding hydrogens is 378 g/mol. The maximum Gasteiger partial charge on any atom is 0.226 e. The van der Waals surface area contributed by atoms with Crippen LogP contribution in [-0.2, 0) is 11.2 Å². The first-order valence-corrected chi connectivity index (χ1v) is 10.5. The molecule has 1 aromatic carbocycles. The number of hydrogen-bond acceptors (Lipinski definition) is 6. The number of amides is 1. The minimum absolute atomic E-state index is 0.0952. The predicted octanol–water partition coefficient (Wildman–Crippen LogP) is 3.15. The number of carbonyl (C=O) groups excluding carboxylic acids is 1. The van der Waals surface area contributed by atoms with Crippen LogP contribution >= 0.6 is 0 Å². The fourth-order valence-electron chi connectivity index (χ4n) is 4.78. The van der Waals surface area contributed by atoms with Crippen LogP contribution in [0.2, 0.25) is 0 Å². The maximum atomic E-state index is 12.9. The normalized spacial score (nSPS) is 21.1. The van der Waals surface area contributed by atoms with Crippen LogP contribution in [0.15, 0.2) is 47.3 Å². The topological polar surface area (TPSA) is 86.3 Å². The highest BCUT2D eigenvalue weighted by Crippen LogP contribution is 2.32. The Kier molecular flexibility index (Phi) is 4.83. The van der Waals surface area contributed by atoms with Crippen LogP contribution in [-0.4, -0.2) is 46.5 Å². The van der Waals surface area contributed by atoms with E-state index in [1.54, 1.807) is 12.3 Å². The van der Waals surface area contributed by atoms with Gasteiger partial charge in [0.1, 0.15) is 17.4 Å². The van der Waals surface area contributed by atoms with E-state index >= 15 is 0 Å². The molecule has 0 aliphatic carbocycles. The molecule has 0 unspecified atom stereocenters. The molecule has 30 heavy (non-hydrogen) atoms. The van der Waals surface area contributed by atoms with Crippen molar-refractivity contribution in [1.82, 2.24) is 14.9 Å². The van der Waals surface area contributed by atoms with E-state index in [2.05, 4.69) is 31.9 Å². The molecule has 4 heterocycles. The largest absolute Gasteiger partial charge is 0.443 e. The molecule has 2 fully saturated rings. The first-order chi connectivity index (χ1) is 14.7. The first kappa shape index (κ1) is 18.6. The predicted molar refractivity (Wildman–Crippen MR) is 112 cm³/mol. The van der Waals surface area contributed by atoms with Crippen molar-refractivity contribution in [2.75, 3.05) is 24.5 Å². The Hall–Kier alpha value is -3.40. The van der Waals surface area contributed by atoms with E-state index in [0.717, 1.165) is 67.8 Å². The third kappa shape index (κ3) is 3.39. The molecule has 0 saturated carbocycles. The zero-order valence-electron chi connectivity index (χ0n) is 16.7. The molecule has 0 spiro atoms. The van der Waals surface area contributed by atoms with Gasteiger partial charge < -0.3 is 14.2 Å². The quantitative estimate of drug-likeness (QED) is 0.653. The van der Waals surface area contributed by atoms with Crippen molar-refractivity contribution in [3.63, 3.8) is 0 Å². The van der Waals surface area contributed by atoms with E-state index in [1.807, 2.05) is 18.2 Å². The zero-order chi connectivity index (χ0) is 20.5. The van der Waals surface area contributed by atoms with Gasteiger partial charge in [-0.25, -0.2) is 9.97 Å². The Morgan fingerprint density at radius 2 is 2.13 bits per heavy atom. The van der Waals surface area contributed by atoms with Crippen molar-refractivity contribution in [3.05, 3.63) is 54.0 Å². The van der Waals surface area contributed by atoms with E-state index in [0.29, 0.717) is 11.5 Å². The summed E-state index contributed by atoms with van der Waals surface area (Å²) in [5, 5.41) is 8.95. The fraction of sp³-hybridized carbons (Fsp3) is 0.391. The molecule has 0 radical (unpaired) electrons. The van der Waals surface area contributed by atoms with Crippen LogP contribution in [0.1, 0.15) is 30.4 Å². The van der Waals surface area contributed by atoms with Crippen LogP contribution < -0.4 is 4.90 Å². The number of fused-ring (bicyclic) bond motifs is 2. The second kappa shape index (κ2) is 7.79. The first-order valence-electron chi connectivity index (χ1n) is 10.5. The van der Waals surface area contributed by atoms with Crippen LogP contribution in [0.5, 0.6) is 0 Å². The smallest absolute Gasteiger partial charge is 0.226 e. The van der Waals surface area contributed by atoms with Gasteiger partial charge in [-0.3, -0.25) is 4.79 Å². The Morgan fingerprint density at radius 3 is 2.97 bits per heavy atom. The summed E-state index contributed by atoms with van der Waals surface area (Å²) >= 11 is 0. The van der Waals surface area contributed by atoms with E-state index in [-0.39, 0.29) is 12.0 Å². The molecule has 2 aliphatic heterocycles. The number of anilines is 1. The standard InChI is InChI=1S/C23H23N5O2/c24-12-16-7-8-21(25-13-16)27-9-10-28-19(14-27)11-18(23(28)29)5-1-3-17-4-2-6-20-22(17)30-15-26-20/h2,4,6-8,13,15,18-19H,1,3,5,9-11,14H2/t18-,19-/m0/s1. The number of oxazole rings is 1. The number of aromatic nitrogens is 2. The highest BCUT2D eigenvalue weighted by molar-refractivity contribution is 5.82. The van der Waals surface area contributed by atoms with Gasteiger partial charge in [0, 0.05) is 31.7 Å². The molecule has 1 amide bonds. The summed E-state index contributed by atoms with van der Waals surface area (Å²) in [5.41, 5.74) is 3.47. The Morgan fingerprint density at radius 1 is 1.20 bits per heavy atom. The highest BCUT2D eigenvalue weighted by Gasteiger charge is 2.42. The molecule has 5 rings (SSSR count). The second-order valence-corrected chi connectivity index (χ2v) is 8.09. The van der Waals surface area contributed by atoms with E-state index in [9.17, 15) is 4.79 Å². The van der Waals surface area contributed by atoms with Crippen molar-refractivity contribution in [3.8, 4) is 6.07 Å². The highest BCUT2D eigenvalue weighted by atomic mass is 16.3. The van der Waals surface area contributed by atoms with Crippen LogP contribution in [0.4, 0.5) is 5.82 Å². The van der Waals surface area contributed by atoms with Gasteiger partial charge >= 0.3 is 0 Å². The third-order valence-electron chi connectivity index (χ3n) is 6.31. The molecule has 0 N–H and O–H groups in total. The molecule has 2 aliphatic rings. The Bertz CT molecular complexity index is 1100. The van der Waals surface area contributed by atoms with E-state index in [4.69, 9.17) is 9.68 Å². The van der Waals surface area contributed by atoms with Crippen molar-refractivity contribution in [2.45, 2.75) is 31.7 Å². The summed E-state index contributed by atoms with van der Waals surface area (Å²) in [6, 6.07) is 12.1. The number of aryl methyl sites for hydroxylation is 1. The van der Waals surface area contributed by atoms with Gasteiger partial charge in [-0.15, -0.1) is 0 Å². The minimum atomic E-state index is 0.0952. The zero-order valence-corrected chi connectivity index (χ0v) is 16.7. The van der Waals surface area contributed by atoms with Crippen LogP contribution in [0.3, 0.4) is 0 Å². The third-order valence-corrected chi connectivity index (χ3v) is 6.31. The molecule has 7 heteroatoms. The number of hydrogen-bond donors (Lipinski definition) is 0. The SMILES string of the molecule is N#Cc1ccc(N2CCN3C(=O)[C@@H](CCCc4cccc5ncoc45)C[C@H]3C2)nc1. The summed E-state index contributed by atoms with van der Waals surface area (Å²) in [6.45, 7) is 2.32. The number of rotatable bonds is 5. The number of para-hydroxylation sites is 1. The van der Waals surface area contributed by atoms with Gasteiger partial charge in [-0.05, 0) is 49.4 Å². The summed E-state index contributed by atoms with van der Waals surface area (Å²) in [6.07, 6.45) is 6.74. The van der Waals surface area contributed by atoms with Gasteiger partial charge in [0.25, 0.3) is 0 Å². The summed E-state index contributed by atoms with van der Waals surface area (Å²) in [5.74, 6) is 1.27. The summed E-state index contributed by atoms with van der Waals surface area (Å²) in [4.78, 5) is 25.8. The molecular formula is C23H23N5O2. The number of nitrogens with zero attached hydrogens (tertiary/aromatic N) is 5. The lowest BCUT2D eigenvalue weighted by atomic mass is 9.96. The second-order valence-electron chi connectivity index (χ2n) is 8.09. The van der Waals surface area contributed by atoms with Gasteiger partial charge in [0.2, 0.25) is 5.91 Å². The number of benzene rings is 1. The average molecular weight is 401 g/mol. The van der Waals surface area contributed by atoms with Crippen LogP contribution in [0.25, 0.3) is 11.1 Å². The number of carbonyl (C=O) groups is 1. The number of nitriles is 1. The van der Waals surface area contributed by atoms with Crippen LogP contribution in [0, 0.1) is 17.2 Å².